The Balaban J connectivity index is 1.95. The van der Waals surface area contributed by atoms with Gasteiger partial charge in [-0.3, -0.25) is 14.5 Å². The van der Waals surface area contributed by atoms with Crippen molar-refractivity contribution < 1.29 is 18.4 Å². The number of hydrogen-bond acceptors (Lipinski definition) is 3. The number of carbonyl (C=O) groups is 2. The molecule has 1 aliphatic heterocycles. The van der Waals surface area contributed by atoms with E-state index >= 15 is 0 Å². The molecule has 0 saturated carbocycles. The average Bonchev–Trinajstić information content (AvgIpc) is 2.62. The molecule has 0 spiro atoms. The van der Waals surface area contributed by atoms with Crippen LogP contribution in [0.1, 0.15) is 26.3 Å². The van der Waals surface area contributed by atoms with Gasteiger partial charge in [0.1, 0.15) is 11.6 Å². The van der Waals surface area contributed by atoms with E-state index in [0.717, 1.165) is 23.1 Å². The molecule has 6 heteroatoms. The Labute approximate surface area is 118 Å². The number of halogens is 2. The van der Waals surface area contributed by atoms with Gasteiger partial charge in [0.2, 0.25) is 0 Å². The number of hydrogen-bond donors (Lipinski definition) is 1. The number of nitrogen functional groups attached to an aromatic ring is 1. The van der Waals surface area contributed by atoms with Gasteiger partial charge in [0.15, 0.2) is 0 Å². The molecule has 0 saturated heterocycles. The molecule has 0 unspecified atom stereocenters. The smallest absolute Gasteiger partial charge is 0.261 e. The summed E-state index contributed by atoms with van der Waals surface area (Å²) in [7, 11) is 0. The zero-order valence-electron chi connectivity index (χ0n) is 10.8. The lowest BCUT2D eigenvalue weighted by Gasteiger charge is -2.13. The van der Waals surface area contributed by atoms with Crippen molar-refractivity contribution >= 4 is 17.5 Å². The number of rotatable bonds is 2. The van der Waals surface area contributed by atoms with E-state index < -0.39 is 23.4 Å². The average molecular weight is 288 g/mol. The third kappa shape index (κ3) is 2.24. The summed E-state index contributed by atoms with van der Waals surface area (Å²) in [5.41, 5.74) is 6.61. The molecular formula is C15H10F2N2O2. The minimum atomic E-state index is -0.758. The first kappa shape index (κ1) is 13.2. The highest BCUT2D eigenvalue weighted by atomic mass is 19.1. The lowest BCUT2D eigenvalue weighted by Crippen LogP contribution is -2.29. The van der Waals surface area contributed by atoms with Crippen LogP contribution in [0.2, 0.25) is 0 Å². The summed E-state index contributed by atoms with van der Waals surface area (Å²) in [6.45, 7) is -0.194. The van der Waals surface area contributed by atoms with E-state index in [0.29, 0.717) is 5.69 Å². The second kappa shape index (κ2) is 4.66. The fourth-order valence-electron chi connectivity index (χ4n) is 2.34. The second-order valence-electron chi connectivity index (χ2n) is 4.78. The Hall–Kier alpha value is -2.76. The van der Waals surface area contributed by atoms with Crippen LogP contribution in [0.3, 0.4) is 0 Å². The highest BCUT2D eigenvalue weighted by Gasteiger charge is 2.35. The second-order valence-corrected chi connectivity index (χ2v) is 4.78. The van der Waals surface area contributed by atoms with Crippen LogP contribution in [-0.4, -0.2) is 16.7 Å². The van der Waals surface area contributed by atoms with Crippen LogP contribution in [-0.2, 0) is 6.54 Å². The van der Waals surface area contributed by atoms with Crippen molar-refractivity contribution in [1.29, 1.82) is 0 Å². The van der Waals surface area contributed by atoms with E-state index in [1.165, 1.54) is 18.2 Å². The predicted octanol–water partition coefficient (Wildman–Crippen LogP) is 2.34. The molecule has 0 fully saturated rings. The number of benzene rings is 2. The van der Waals surface area contributed by atoms with Crippen LogP contribution in [0.25, 0.3) is 0 Å². The molecule has 0 aliphatic carbocycles. The predicted molar refractivity (Wildman–Crippen MR) is 71.4 cm³/mol. The summed E-state index contributed by atoms with van der Waals surface area (Å²) in [5, 5.41) is 0. The number of amides is 2. The number of nitrogens with two attached hydrogens (primary N) is 1. The molecule has 21 heavy (non-hydrogen) atoms. The maximum Gasteiger partial charge on any atom is 0.261 e. The van der Waals surface area contributed by atoms with Crippen LogP contribution in [0.4, 0.5) is 14.5 Å². The lowest BCUT2D eigenvalue weighted by molar-refractivity contribution is 0.0642. The monoisotopic (exact) mass is 288 g/mol. The van der Waals surface area contributed by atoms with E-state index in [4.69, 9.17) is 5.73 Å². The lowest BCUT2D eigenvalue weighted by atomic mass is 10.1. The van der Waals surface area contributed by atoms with Crippen LogP contribution >= 0.6 is 0 Å². The minimum absolute atomic E-state index is 0.194. The summed E-state index contributed by atoms with van der Waals surface area (Å²) in [6, 6.07) is 7.31. The van der Waals surface area contributed by atoms with Gasteiger partial charge in [0.05, 0.1) is 17.7 Å². The molecule has 3 rings (SSSR count). The zero-order chi connectivity index (χ0) is 15.1. The number of nitrogens with zero attached hydrogens (tertiary/aromatic N) is 1. The highest BCUT2D eigenvalue weighted by molar-refractivity contribution is 6.21. The van der Waals surface area contributed by atoms with Gasteiger partial charge in [-0.15, -0.1) is 0 Å². The van der Waals surface area contributed by atoms with Crippen molar-refractivity contribution in [2.75, 3.05) is 5.73 Å². The van der Waals surface area contributed by atoms with E-state index in [-0.39, 0.29) is 23.2 Å². The van der Waals surface area contributed by atoms with Crippen LogP contribution in [0.5, 0.6) is 0 Å². The Morgan fingerprint density at radius 1 is 0.905 bits per heavy atom. The van der Waals surface area contributed by atoms with E-state index in [1.54, 1.807) is 0 Å². The SMILES string of the molecule is Nc1ccc2c(c1)C(=O)N(Cc1cc(F)cc(F)c1)C2=O. The summed E-state index contributed by atoms with van der Waals surface area (Å²) < 4.78 is 26.3. The Kier molecular flexibility index (Phi) is 2.94. The quantitative estimate of drug-likeness (QED) is 0.681. The van der Waals surface area contributed by atoms with Crippen LogP contribution in [0.15, 0.2) is 36.4 Å². The Morgan fingerprint density at radius 2 is 1.52 bits per heavy atom. The van der Waals surface area contributed by atoms with Gasteiger partial charge in [-0.25, -0.2) is 8.78 Å². The number of fused-ring (bicyclic) bond motifs is 1. The van der Waals surface area contributed by atoms with Gasteiger partial charge in [0.25, 0.3) is 11.8 Å². The first-order valence-electron chi connectivity index (χ1n) is 6.16. The highest BCUT2D eigenvalue weighted by Crippen LogP contribution is 2.26. The fraction of sp³-hybridized carbons (Fsp3) is 0.0667. The van der Waals surface area contributed by atoms with Crippen molar-refractivity contribution in [1.82, 2.24) is 4.90 Å². The maximum absolute atomic E-state index is 13.2. The van der Waals surface area contributed by atoms with E-state index in [1.807, 2.05) is 0 Å². The largest absolute Gasteiger partial charge is 0.399 e. The van der Waals surface area contributed by atoms with E-state index in [9.17, 15) is 18.4 Å². The summed E-state index contributed by atoms with van der Waals surface area (Å²) in [5.74, 6) is -2.54. The molecule has 0 atom stereocenters. The summed E-state index contributed by atoms with van der Waals surface area (Å²) >= 11 is 0. The van der Waals surface area contributed by atoms with Gasteiger partial charge < -0.3 is 5.73 Å². The Bertz CT molecular complexity index is 754. The van der Waals surface area contributed by atoms with Crippen molar-refractivity contribution in [2.45, 2.75) is 6.54 Å². The number of anilines is 1. The first-order chi connectivity index (χ1) is 9.95. The van der Waals surface area contributed by atoms with Crippen LogP contribution < -0.4 is 5.73 Å². The molecule has 0 bridgehead atoms. The molecular weight excluding hydrogens is 278 g/mol. The molecule has 2 aromatic carbocycles. The maximum atomic E-state index is 13.2. The van der Waals surface area contributed by atoms with Crippen molar-refractivity contribution in [3.8, 4) is 0 Å². The molecule has 1 aliphatic rings. The molecule has 2 amide bonds. The third-order valence-corrected chi connectivity index (χ3v) is 3.26. The van der Waals surface area contributed by atoms with Crippen LogP contribution in [0, 0.1) is 11.6 Å². The standard InChI is InChI=1S/C15H10F2N2O2/c16-9-3-8(4-10(17)5-9)7-19-14(20)12-2-1-11(18)6-13(12)15(19)21/h1-6H,7,18H2. The zero-order valence-corrected chi connectivity index (χ0v) is 10.8. The van der Waals surface area contributed by atoms with Gasteiger partial charge in [-0.1, -0.05) is 0 Å². The number of imide groups is 1. The fourth-order valence-corrected chi connectivity index (χ4v) is 2.34. The van der Waals surface area contributed by atoms with Gasteiger partial charge in [0, 0.05) is 11.8 Å². The third-order valence-electron chi connectivity index (χ3n) is 3.26. The normalized spacial score (nSPS) is 13.7. The van der Waals surface area contributed by atoms with Gasteiger partial charge in [-0.2, -0.15) is 0 Å². The minimum Gasteiger partial charge on any atom is -0.399 e. The van der Waals surface area contributed by atoms with E-state index in [2.05, 4.69) is 0 Å². The summed E-state index contributed by atoms with van der Waals surface area (Å²) in [4.78, 5) is 25.3. The van der Waals surface area contributed by atoms with Crippen molar-refractivity contribution in [3.63, 3.8) is 0 Å². The molecule has 106 valence electrons. The Morgan fingerprint density at radius 3 is 2.19 bits per heavy atom. The van der Waals surface area contributed by atoms with Crippen molar-refractivity contribution in [3.05, 3.63) is 64.7 Å². The number of carbonyl (C=O) groups excluding carboxylic acids is 2. The first-order valence-corrected chi connectivity index (χ1v) is 6.16. The molecule has 2 aromatic rings. The molecule has 0 radical (unpaired) electrons. The molecule has 1 heterocycles. The summed E-state index contributed by atoms with van der Waals surface area (Å²) in [6.07, 6.45) is 0. The van der Waals surface area contributed by atoms with Gasteiger partial charge >= 0.3 is 0 Å². The van der Waals surface area contributed by atoms with Crippen molar-refractivity contribution in [2.24, 2.45) is 0 Å². The molecule has 4 nitrogen and oxygen atoms in total. The molecule has 0 aromatic heterocycles. The van der Waals surface area contributed by atoms with Gasteiger partial charge in [-0.05, 0) is 35.9 Å². The molecule has 2 N–H and O–H groups in total. The topological polar surface area (TPSA) is 63.4 Å².